The van der Waals surface area contributed by atoms with Gasteiger partial charge in [0.25, 0.3) is 0 Å². The van der Waals surface area contributed by atoms with E-state index in [-0.39, 0.29) is 18.5 Å². The Morgan fingerprint density at radius 3 is 2.42 bits per heavy atom. The fourth-order valence-corrected chi connectivity index (χ4v) is 3.04. The molecule has 2 N–H and O–H groups in total. The summed E-state index contributed by atoms with van der Waals surface area (Å²) in [6, 6.07) is 5.79. The lowest BCUT2D eigenvalue weighted by Gasteiger charge is -2.34. The predicted octanol–water partition coefficient (Wildman–Crippen LogP) is 1.36. The molecule has 1 aromatic carbocycles. The van der Waals surface area contributed by atoms with E-state index in [0.717, 1.165) is 38.5 Å². The van der Waals surface area contributed by atoms with Gasteiger partial charge in [-0.25, -0.2) is 4.79 Å². The minimum absolute atomic E-state index is 0.00459. The minimum atomic E-state index is -0.435. The average Bonchev–Trinajstić information content (AvgIpc) is 2.56. The van der Waals surface area contributed by atoms with Crippen LogP contribution in [0, 0.1) is 6.92 Å². The standard InChI is InChI=1S/C19H30N4O3/c1-14(2)20-19(25)21-18(24)13-23-9-7-22(8-10-23)12-16-11-15(3)5-6-17(16)26-4/h5-6,11,14H,7-10,12-13H2,1-4H3,(H2,20,21,24,25). The zero-order chi connectivity index (χ0) is 19.1. The molecule has 1 aliphatic heterocycles. The van der Waals surface area contributed by atoms with Crippen LogP contribution in [0.3, 0.4) is 0 Å². The number of ether oxygens (including phenoxy) is 1. The number of piperazine rings is 1. The Hall–Kier alpha value is -2.12. The molecule has 1 aliphatic rings. The van der Waals surface area contributed by atoms with Crippen LogP contribution < -0.4 is 15.4 Å². The van der Waals surface area contributed by atoms with Gasteiger partial charge in [0.05, 0.1) is 13.7 Å². The van der Waals surface area contributed by atoms with E-state index in [2.05, 4.69) is 33.4 Å². The number of nitrogens with zero attached hydrogens (tertiary/aromatic N) is 2. The lowest BCUT2D eigenvalue weighted by atomic mass is 10.1. The Kier molecular flexibility index (Phi) is 7.41. The second-order valence-electron chi connectivity index (χ2n) is 7.04. The van der Waals surface area contributed by atoms with Crippen molar-refractivity contribution in [2.45, 2.75) is 33.4 Å². The largest absolute Gasteiger partial charge is 0.496 e. The van der Waals surface area contributed by atoms with Crippen molar-refractivity contribution in [1.29, 1.82) is 0 Å². The summed E-state index contributed by atoms with van der Waals surface area (Å²) in [7, 11) is 1.69. The molecule has 1 fully saturated rings. The molecule has 0 radical (unpaired) electrons. The molecule has 1 aromatic rings. The second-order valence-corrected chi connectivity index (χ2v) is 7.04. The molecule has 26 heavy (non-hydrogen) atoms. The molecule has 0 aromatic heterocycles. The van der Waals surface area contributed by atoms with Crippen LogP contribution in [-0.2, 0) is 11.3 Å². The van der Waals surface area contributed by atoms with Crippen LogP contribution >= 0.6 is 0 Å². The molecule has 1 saturated heterocycles. The highest BCUT2D eigenvalue weighted by molar-refractivity contribution is 5.95. The summed E-state index contributed by atoms with van der Waals surface area (Å²) in [6.45, 7) is 10.2. The molecule has 2 rings (SSSR count). The molecule has 0 saturated carbocycles. The fourth-order valence-electron chi connectivity index (χ4n) is 3.04. The van der Waals surface area contributed by atoms with Crippen LogP contribution in [-0.4, -0.2) is 67.6 Å². The highest BCUT2D eigenvalue weighted by Crippen LogP contribution is 2.21. The van der Waals surface area contributed by atoms with Gasteiger partial charge >= 0.3 is 6.03 Å². The molecule has 0 bridgehead atoms. The zero-order valence-corrected chi connectivity index (χ0v) is 16.2. The average molecular weight is 362 g/mol. The number of methoxy groups -OCH3 is 1. The Morgan fingerprint density at radius 2 is 1.81 bits per heavy atom. The van der Waals surface area contributed by atoms with Crippen molar-refractivity contribution < 1.29 is 14.3 Å². The number of carbonyl (C=O) groups excluding carboxylic acids is 2. The van der Waals surface area contributed by atoms with Crippen LogP contribution in [0.15, 0.2) is 18.2 Å². The van der Waals surface area contributed by atoms with Gasteiger partial charge in [0.1, 0.15) is 5.75 Å². The molecular formula is C19H30N4O3. The summed E-state index contributed by atoms with van der Waals surface area (Å²) in [5.74, 6) is 0.644. The molecule has 3 amide bonds. The van der Waals surface area contributed by atoms with Crippen molar-refractivity contribution in [2.24, 2.45) is 0 Å². The summed E-state index contributed by atoms with van der Waals surface area (Å²) in [4.78, 5) is 27.9. The van der Waals surface area contributed by atoms with Crippen molar-refractivity contribution >= 4 is 11.9 Å². The fraction of sp³-hybridized carbons (Fsp3) is 0.579. The SMILES string of the molecule is COc1ccc(C)cc1CN1CCN(CC(=O)NC(=O)NC(C)C)CC1. The van der Waals surface area contributed by atoms with Gasteiger partial charge in [-0.3, -0.25) is 19.9 Å². The van der Waals surface area contributed by atoms with E-state index in [9.17, 15) is 9.59 Å². The Morgan fingerprint density at radius 1 is 1.15 bits per heavy atom. The van der Waals surface area contributed by atoms with Crippen LogP contribution in [0.2, 0.25) is 0 Å². The Labute approximate surface area is 155 Å². The maximum atomic E-state index is 12.0. The van der Waals surface area contributed by atoms with Crippen molar-refractivity contribution in [1.82, 2.24) is 20.4 Å². The van der Waals surface area contributed by atoms with E-state index in [1.807, 2.05) is 26.0 Å². The number of hydrogen-bond donors (Lipinski definition) is 2. The number of hydrogen-bond acceptors (Lipinski definition) is 5. The monoisotopic (exact) mass is 362 g/mol. The van der Waals surface area contributed by atoms with Gasteiger partial charge in [0, 0.05) is 44.3 Å². The Bertz CT molecular complexity index is 625. The van der Waals surface area contributed by atoms with Crippen LogP contribution in [0.1, 0.15) is 25.0 Å². The Balaban J connectivity index is 1.78. The smallest absolute Gasteiger partial charge is 0.321 e. The van der Waals surface area contributed by atoms with Crippen LogP contribution in [0.25, 0.3) is 0 Å². The van der Waals surface area contributed by atoms with E-state index in [1.165, 1.54) is 11.1 Å². The normalized spacial score (nSPS) is 15.7. The van der Waals surface area contributed by atoms with Crippen LogP contribution in [0.4, 0.5) is 4.79 Å². The van der Waals surface area contributed by atoms with Gasteiger partial charge in [-0.1, -0.05) is 17.7 Å². The third-order valence-corrected chi connectivity index (χ3v) is 4.33. The van der Waals surface area contributed by atoms with Gasteiger partial charge in [0.15, 0.2) is 0 Å². The molecule has 0 atom stereocenters. The molecule has 7 heteroatoms. The van der Waals surface area contributed by atoms with Gasteiger partial charge in [0.2, 0.25) is 5.91 Å². The second kappa shape index (κ2) is 9.54. The quantitative estimate of drug-likeness (QED) is 0.799. The molecular weight excluding hydrogens is 332 g/mol. The number of amides is 3. The summed E-state index contributed by atoms with van der Waals surface area (Å²) in [5.41, 5.74) is 2.40. The summed E-state index contributed by atoms with van der Waals surface area (Å²) < 4.78 is 5.45. The highest BCUT2D eigenvalue weighted by Gasteiger charge is 2.20. The first-order valence-corrected chi connectivity index (χ1v) is 9.06. The molecule has 7 nitrogen and oxygen atoms in total. The van der Waals surface area contributed by atoms with Crippen molar-refractivity contribution in [3.05, 3.63) is 29.3 Å². The highest BCUT2D eigenvalue weighted by atomic mass is 16.5. The van der Waals surface area contributed by atoms with Gasteiger partial charge in [-0.05, 0) is 26.8 Å². The molecule has 0 aliphatic carbocycles. The first-order chi connectivity index (χ1) is 12.4. The van der Waals surface area contributed by atoms with Gasteiger partial charge < -0.3 is 10.1 Å². The number of benzene rings is 1. The van der Waals surface area contributed by atoms with E-state index >= 15 is 0 Å². The lowest BCUT2D eigenvalue weighted by molar-refractivity contribution is -0.121. The van der Waals surface area contributed by atoms with Gasteiger partial charge in [-0.2, -0.15) is 0 Å². The van der Waals surface area contributed by atoms with Crippen molar-refractivity contribution in [3.8, 4) is 5.75 Å². The number of imide groups is 1. The number of carbonyl (C=O) groups is 2. The first-order valence-electron chi connectivity index (χ1n) is 9.06. The first kappa shape index (κ1) is 20.2. The number of aryl methyl sites for hydroxylation is 1. The van der Waals surface area contributed by atoms with E-state index in [4.69, 9.17) is 4.74 Å². The predicted molar refractivity (Wildman–Crippen MR) is 101 cm³/mol. The summed E-state index contributed by atoms with van der Waals surface area (Å²) >= 11 is 0. The number of nitrogens with one attached hydrogen (secondary N) is 2. The third kappa shape index (κ3) is 6.31. The molecule has 144 valence electrons. The van der Waals surface area contributed by atoms with Crippen LogP contribution in [0.5, 0.6) is 5.75 Å². The van der Waals surface area contributed by atoms with Crippen molar-refractivity contribution in [3.63, 3.8) is 0 Å². The van der Waals surface area contributed by atoms with E-state index in [0.29, 0.717) is 0 Å². The molecule has 0 spiro atoms. The van der Waals surface area contributed by atoms with E-state index in [1.54, 1.807) is 7.11 Å². The zero-order valence-electron chi connectivity index (χ0n) is 16.2. The lowest BCUT2D eigenvalue weighted by Crippen LogP contribution is -2.51. The van der Waals surface area contributed by atoms with Crippen molar-refractivity contribution in [2.75, 3.05) is 39.8 Å². The van der Waals surface area contributed by atoms with E-state index < -0.39 is 6.03 Å². The maximum Gasteiger partial charge on any atom is 0.321 e. The number of rotatable bonds is 6. The summed E-state index contributed by atoms with van der Waals surface area (Å²) in [5, 5.41) is 5.02. The molecule has 1 heterocycles. The number of urea groups is 1. The summed E-state index contributed by atoms with van der Waals surface area (Å²) in [6.07, 6.45) is 0. The topological polar surface area (TPSA) is 73.9 Å². The maximum absolute atomic E-state index is 12.0. The third-order valence-electron chi connectivity index (χ3n) is 4.33. The van der Waals surface area contributed by atoms with Gasteiger partial charge in [-0.15, -0.1) is 0 Å². The molecule has 0 unspecified atom stereocenters. The minimum Gasteiger partial charge on any atom is -0.496 e.